The van der Waals surface area contributed by atoms with Crippen molar-refractivity contribution in [1.29, 1.82) is 0 Å². The van der Waals surface area contributed by atoms with E-state index in [1.54, 1.807) is 13.8 Å². The Balaban J connectivity index is 1.22. The van der Waals surface area contributed by atoms with Crippen LogP contribution < -0.4 is 13.9 Å². The third kappa shape index (κ3) is 9.72. The van der Waals surface area contributed by atoms with Gasteiger partial charge >= 0.3 is 240 Å². The van der Waals surface area contributed by atoms with Gasteiger partial charge in [-0.25, -0.2) is 0 Å². The molecule has 2 saturated heterocycles. The van der Waals surface area contributed by atoms with Gasteiger partial charge in [-0.1, -0.05) is 53.5 Å². The standard InChI is InChI=1S/C43H46Cl2O10Se/c1-24-33(38(49-5)36(45)40(35(24)44)51-23-29-17-11-7-12-18-29)42(48)55-37-26(3)52-32(21-31(37)47)34-25(2)53-43(56-30-19-13-8-14-20-30)41(54-27(4)46)39(34)50-22-28-15-9-6-10-16-28/h6-20,25-26,31-32,34,37,39,41,43,47H,21-23H2,1-5H3/t25-,26-,31-,32-,34+,37-,39+,41-,43+/m1/s1. The molecule has 4 aromatic rings. The fourth-order valence-electron chi connectivity index (χ4n) is 7.30. The summed E-state index contributed by atoms with van der Waals surface area (Å²) in [7, 11) is 1.39. The van der Waals surface area contributed by atoms with Gasteiger partial charge in [0.25, 0.3) is 0 Å². The van der Waals surface area contributed by atoms with E-state index in [2.05, 4.69) is 0 Å². The van der Waals surface area contributed by atoms with E-state index < -0.39 is 65.6 Å². The number of methoxy groups -OCH3 is 1. The van der Waals surface area contributed by atoms with Crippen molar-refractivity contribution >= 4 is 54.6 Å². The Hall–Kier alpha value is -3.64. The fourth-order valence-corrected chi connectivity index (χ4v) is 10.3. The second-order valence-electron chi connectivity index (χ2n) is 13.9. The van der Waals surface area contributed by atoms with Crippen molar-refractivity contribution in [2.24, 2.45) is 5.92 Å². The number of esters is 2. The Labute approximate surface area is 343 Å². The average Bonchev–Trinajstić information content (AvgIpc) is 3.18. The molecule has 1 N–H and O–H groups in total. The number of aliphatic hydroxyl groups is 1. The molecule has 0 spiro atoms. The van der Waals surface area contributed by atoms with Gasteiger partial charge in [-0.3, -0.25) is 0 Å². The molecule has 2 aliphatic heterocycles. The summed E-state index contributed by atoms with van der Waals surface area (Å²) in [6, 6.07) is 29.2. The normalized spacial score (nSPS) is 26.2. The zero-order chi connectivity index (χ0) is 39.9. The van der Waals surface area contributed by atoms with Crippen molar-refractivity contribution in [2.45, 2.75) is 95.1 Å². The van der Waals surface area contributed by atoms with Gasteiger partial charge in [-0.2, -0.15) is 0 Å². The third-order valence-corrected chi connectivity index (χ3v) is 13.2. The van der Waals surface area contributed by atoms with Crippen LogP contribution >= 0.6 is 23.2 Å². The molecule has 9 atom stereocenters. The van der Waals surface area contributed by atoms with E-state index in [4.69, 9.17) is 56.4 Å². The summed E-state index contributed by atoms with van der Waals surface area (Å²) in [6.07, 6.45) is -5.32. The molecular weight excluding hydrogens is 826 g/mol. The number of halogens is 2. The van der Waals surface area contributed by atoms with Gasteiger partial charge in [0.05, 0.1) is 12.1 Å². The molecule has 0 saturated carbocycles. The van der Waals surface area contributed by atoms with Gasteiger partial charge in [-0.15, -0.1) is 0 Å². The second-order valence-corrected chi connectivity index (χ2v) is 17.1. The predicted octanol–water partition coefficient (Wildman–Crippen LogP) is 6.86. The maximum absolute atomic E-state index is 13.9. The van der Waals surface area contributed by atoms with Gasteiger partial charge < -0.3 is 9.47 Å². The first-order valence-corrected chi connectivity index (χ1v) is 21.0. The van der Waals surface area contributed by atoms with Crippen LogP contribution in [-0.2, 0) is 41.7 Å². The summed E-state index contributed by atoms with van der Waals surface area (Å²) in [6.45, 7) is 7.15. The van der Waals surface area contributed by atoms with Crippen LogP contribution in [0.5, 0.6) is 11.5 Å². The Morgan fingerprint density at radius 1 is 0.786 bits per heavy atom. The maximum atomic E-state index is 13.9. The first-order chi connectivity index (χ1) is 27.0. The molecule has 0 unspecified atom stereocenters. The first kappa shape index (κ1) is 42.0. The molecule has 10 nitrogen and oxygen atoms in total. The summed E-state index contributed by atoms with van der Waals surface area (Å²) < 4.78 is 44.6. The molecule has 4 aromatic carbocycles. The van der Waals surface area contributed by atoms with E-state index in [0.29, 0.717) is 5.56 Å². The molecular formula is C43H46Cl2O10Se. The van der Waals surface area contributed by atoms with E-state index in [-0.39, 0.29) is 61.7 Å². The SMILES string of the molecule is COc1c(Cl)c(OCc2ccccc2)c(Cl)c(C)c1C(=O)O[C@H]1[C@H](O)C[C@H]([C@H]2[C@H](OCc3ccccc3)[C@@H](OC(C)=O)[C@H]([Se]c3ccccc3)O[C@@H]2C)O[C@@H]1C. The molecule has 2 heterocycles. The number of hydrogen-bond acceptors (Lipinski definition) is 10. The number of carbonyl (C=O) groups excluding carboxylic acids is 2. The van der Waals surface area contributed by atoms with E-state index in [0.717, 1.165) is 15.6 Å². The number of aliphatic hydroxyl groups excluding tert-OH is 1. The topological polar surface area (TPSA) is 119 Å². The van der Waals surface area contributed by atoms with Crippen LogP contribution in [0.2, 0.25) is 10.0 Å². The summed E-state index contributed by atoms with van der Waals surface area (Å²) in [5.41, 5.74) is 2.20. The zero-order valence-corrected chi connectivity index (χ0v) is 35.0. The van der Waals surface area contributed by atoms with Gasteiger partial charge in [0, 0.05) is 0 Å². The van der Waals surface area contributed by atoms with Crippen molar-refractivity contribution in [2.75, 3.05) is 7.11 Å². The van der Waals surface area contributed by atoms with E-state index in [1.165, 1.54) is 14.0 Å². The number of hydrogen-bond donors (Lipinski definition) is 1. The van der Waals surface area contributed by atoms with Gasteiger partial charge in [0.15, 0.2) is 5.75 Å². The van der Waals surface area contributed by atoms with Crippen LogP contribution in [-0.4, -0.2) is 86.8 Å². The van der Waals surface area contributed by atoms with Crippen LogP contribution in [0.3, 0.4) is 0 Å². The fraction of sp³-hybridized carbons (Fsp3) is 0.395. The van der Waals surface area contributed by atoms with Crippen molar-refractivity contribution in [1.82, 2.24) is 0 Å². The first-order valence-electron chi connectivity index (χ1n) is 18.4. The van der Waals surface area contributed by atoms with Crippen molar-refractivity contribution in [3.05, 3.63) is 123 Å². The van der Waals surface area contributed by atoms with Crippen molar-refractivity contribution in [3.8, 4) is 11.5 Å². The number of benzene rings is 4. The second kappa shape index (κ2) is 19.2. The third-order valence-electron chi connectivity index (χ3n) is 9.99. The Morgan fingerprint density at radius 2 is 1.39 bits per heavy atom. The van der Waals surface area contributed by atoms with Crippen LogP contribution in [0.4, 0.5) is 0 Å². The molecule has 13 heteroatoms. The Kier molecular flexibility index (Phi) is 14.4. The Morgan fingerprint density at radius 3 is 1.98 bits per heavy atom. The van der Waals surface area contributed by atoms with Crippen molar-refractivity contribution < 1.29 is 47.9 Å². The summed E-state index contributed by atoms with van der Waals surface area (Å²) in [5.74, 6) is -1.51. The van der Waals surface area contributed by atoms with Gasteiger partial charge in [0.2, 0.25) is 0 Å². The van der Waals surface area contributed by atoms with E-state index in [9.17, 15) is 14.7 Å². The molecule has 0 bridgehead atoms. The molecule has 56 heavy (non-hydrogen) atoms. The van der Waals surface area contributed by atoms with Gasteiger partial charge in [0.1, 0.15) is 11.6 Å². The molecule has 2 aliphatic rings. The monoisotopic (exact) mass is 872 g/mol. The Bertz CT molecular complexity index is 1920. The number of ether oxygens (including phenoxy) is 7. The molecule has 0 amide bonds. The average molecular weight is 873 g/mol. The summed E-state index contributed by atoms with van der Waals surface area (Å²) >= 11 is 13.2. The molecule has 6 rings (SSSR count). The quantitative estimate of drug-likeness (QED) is 0.113. The minimum absolute atomic E-state index is 0.00956. The molecule has 0 aliphatic carbocycles. The van der Waals surface area contributed by atoms with Crippen LogP contribution in [0.15, 0.2) is 91.0 Å². The van der Waals surface area contributed by atoms with E-state index >= 15 is 0 Å². The number of carbonyl (C=O) groups is 2. The zero-order valence-electron chi connectivity index (χ0n) is 31.8. The number of rotatable bonds is 13. The van der Waals surface area contributed by atoms with Crippen LogP contribution in [0.1, 0.15) is 54.2 Å². The summed E-state index contributed by atoms with van der Waals surface area (Å²) in [4.78, 5) is 26.5. The van der Waals surface area contributed by atoms with Crippen LogP contribution in [0, 0.1) is 12.8 Å². The molecule has 298 valence electrons. The molecule has 2 fully saturated rings. The summed E-state index contributed by atoms with van der Waals surface area (Å²) in [5, 5.41) is 11.4. The minimum atomic E-state index is -1.14. The predicted molar refractivity (Wildman–Crippen MR) is 213 cm³/mol. The van der Waals surface area contributed by atoms with Gasteiger partial charge in [-0.05, 0) is 12.5 Å². The van der Waals surface area contributed by atoms with Crippen LogP contribution in [0.25, 0.3) is 0 Å². The molecule has 0 radical (unpaired) electrons. The molecule has 0 aromatic heterocycles. The van der Waals surface area contributed by atoms with Crippen molar-refractivity contribution in [3.63, 3.8) is 0 Å². The van der Waals surface area contributed by atoms with E-state index in [1.807, 2.05) is 97.9 Å².